The van der Waals surface area contributed by atoms with Crippen molar-refractivity contribution in [3.8, 4) is 0 Å². The number of amides is 2. The summed E-state index contributed by atoms with van der Waals surface area (Å²) in [5, 5.41) is 2.04. The first-order valence-electron chi connectivity index (χ1n) is 5.88. The second kappa shape index (κ2) is 6.35. The molecule has 1 atom stereocenters. The maximum Gasteiger partial charge on any atom is 0.262 e. The molecule has 1 aromatic carbocycles. The number of guanidine groups is 1. The molecule has 5 N–H and O–H groups in total. The van der Waals surface area contributed by atoms with E-state index in [0.717, 1.165) is 11.8 Å². The third-order valence-corrected chi connectivity index (χ3v) is 3.50. The van der Waals surface area contributed by atoms with Crippen LogP contribution in [0.4, 0.5) is 10.1 Å². The maximum atomic E-state index is 12.7. The number of thioether (sulfide) groups is 1. The van der Waals surface area contributed by atoms with Crippen LogP contribution in [0.5, 0.6) is 0 Å². The van der Waals surface area contributed by atoms with E-state index in [9.17, 15) is 14.0 Å². The first-order chi connectivity index (χ1) is 9.94. The van der Waals surface area contributed by atoms with Gasteiger partial charge < -0.3 is 16.8 Å². The molecule has 9 heteroatoms. The van der Waals surface area contributed by atoms with E-state index in [1.54, 1.807) is 0 Å². The number of nitrogens with two attached hydrogens (primary N) is 2. The predicted molar refractivity (Wildman–Crippen MR) is 79.3 cm³/mol. The van der Waals surface area contributed by atoms with Crippen molar-refractivity contribution in [3.63, 3.8) is 0 Å². The second-order valence-corrected chi connectivity index (χ2v) is 5.30. The van der Waals surface area contributed by atoms with Gasteiger partial charge in [-0.3, -0.25) is 9.59 Å². The summed E-state index contributed by atoms with van der Waals surface area (Å²) >= 11 is 1.02. The van der Waals surface area contributed by atoms with E-state index in [4.69, 9.17) is 11.5 Å². The van der Waals surface area contributed by atoms with Gasteiger partial charge in [0.1, 0.15) is 11.1 Å². The molecule has 21 heavy (non-hydrogen) atoms. The fourth-order valence-corrected chi connectivity index (χ4v) is 2.52. The van der Waals surface area contributed by atoms with E-state index in [-0.39, 0.29) is 23.5 Å². The average Bonchev–Trinajstić information content (AvgIpc) is 2.71. The third kappa shape index (κ3) is 4.28. The molecule has 0 unspecified atom stereocenters. The standard InChI is InChI=1S/C12H12FN5O2S/c13-6-1-3-7(4-2-6)16-9(19)5-8-10(20)17-12(21-8)18-11(14)15/h1-4,8H,5H2,(H,16,19)(H4,14,15,17,18,20)/t8-/m0/s1. The Morgan fingerprint density at radius 2 is 2.05 bits per heavy atom. The van der Waals surface area contributed by atoms with Gasteiger partial charge in [0.25, 0.3) is 5.91 Å². The molecule has 1 aliphatic heterocycles. The molecule has 0 bridgehead atoms. The smallest absolute Gasteiger partial charge is 0.262 e. The van der Waals surface area contributed by atoms with E-state index < -0.39 is 17.0 Å². The van der Waals surface area contributed by atoms with E-state index in [2.05, 4.69) is 15.3 Å². The average molecular weight is 309 g/mol. The third-order valence-electron chi connectivity index (χ3n) is 2.45. The normalized spacial score (nSPS) is 17.3. The van der Waals surface area contributed by atoms with Crippen molar-refractivity contribution in [1.29, 1.82) is 0 Å². The van der Waals surface area contributed by atoms with Gasteiger partial charge in [0, 0.05) is 12.1 Å². The lowest BCUT2D eigenvalue weighted by Crippen LogP contribution is -2.23. The number of carbonyl (C=O) groups excluding carboxylic acids is 2. The van der Waals surface area contributed by atoms with Crippen LogP contribution in [-0.4, -0.2) is 28.2 Å². The van der Waals surface area contributed by atoms with Gasteiger partial charge in [-0.25, -0.2) is 4.39 Å². The molecule has 0 aromatic heterocycles. The molecule has 0 fully saturated rings. The van der Waals surface area contributed by atoms with Crippen molar-refractivity contribution in [1.82, 2.24) is 0 Å². The van der Waals surface area contributed by atoms with E-state index in [1.807, 2.05) is 0 Å². The maximum absolute atomic E-state index is 12.7. The van der Waals surface area contributed by atoms with Gasteiger partial charge in [0.2, 0.25) is 5.91 Å². The molecule has 0 saturated carbocycles. The number of aliphatic imine (C=N–C) groups is 2. The Labute approximate surface area is 123 Å². The molecule has 0 spiro atoms. The fraction of sp³-hybridized carbons (Fsp3) is 0.167. The number of benzene rings is 1. The van der Waals surface area contributed by atoms with Gasteiger partial charge in [-0.15, -0.1) is 0 Å². The van der Waals surface area contributed by atoms with Gasteiger partial charge in [0.15, 0.2) is 11.1 Å². The highest BCUT2D eigenvalue weighted by Gasteiger charge is 2.30. The van der Waals surface area contributed by atoms with Crippen LogP contribution in [-0.2, 0) is 9.59 Å². The number of amidine groups is 1. The molecule has 7 nitrogen and oxygen atoms in total. The quantitative estimate of drug-likeness (QED) is 0.552. The van der Waals surface area contributed by atoms with Gasteiger partial charge in [0.05, 0.1) is 0 Å². The topological polar surface area (TPSA) is 123 Å². The Morgan fingerprint density at radius 3 is 2.67 bits per heavy atom. The Hall–Kier alpha value is -2.42. The summed E-state index contributed by atoms with van der Waals surface area (Å²) in [6.45, 7) is 0. The summed E-state index contributed by atoms with van der Waals surface area (Å²) in [6.07, 6.45) is -0.0755. The monoisotopic (exact) mass is 309 g/mol. The molecule has 0 aliphatic carbocycles. The van der Waals surface area contributed by atoms with Crippen LogP contribution in [0.15, 0.2) is 34.3 Å². The molecule has 0 saturated heterocycles. The van der Waals surface area contributed by atoms with Crippen molar-refractivity contribution in [2.24, 2.45) is 21.5 Å². The first-order valence-corrected chi connectivity index (χ1v) is 6.76. The highest BCUT2D eigenvalue weighted by Crippen LogP contribution is 2.26. The largest absolute Gasteiger partial charge is 0.370 e. The van der Waals surface area contributed by atoms with E-state index in [1.165, 1.54) is 24.3 Å². The molecule has 1 aliphatic rings. The Bertz CT molecular complexity index is 625. The van der Waals surface area contributed by atoms with Crippen molar-refractivity contribution in [3.05, 3.63) is 30.1 Å². The summed E-state index contributed by atoms with van der Waals surface area (Å²) in [7, 11) is 0. The number of nitrogens with zero attached hydrogens (tertiary/aromatic N) is 2. The highest BCUT2D eigenvalue weighted by molar-refractivity contribution is 8.15. The van der Waals surface area contributed by atoms with Crippen molar-refractivity contribution >= 4 is 40.4 Å². The summed E-state index contributed by atoms with van der Waals surface area (Å²) in [5.41, 5.74) is 10.8. The molecule has 1 aromatic rings. The molecule has 1 heterocycles. The molecule has 2 amide bonds. The number of hydrogen-bond acceptors (Lipinski definition) is 4. The Morgan fingerprint density at radius 1 is 1.38 bits per heavy atom. The van der Waals surface area contributed by atoms with Gasteiger partial charge >= 0.3 is 0 Å². The minimum Gasteiger partial charge on any atom is -0.370 e. The van der Waals surface area contributed by atoms with Crippen molar-refractivity contribution < 1.29 is 14.0 Å². The van der Waals surface area contributed by atoms with Crippen LogP contribution in [0.3, 0.4) is 0 Å². The number of anilines is 1. The number of hydrogen-bond donors (Lipinski definition) is 3. The van der Waals surface area contributed by atoms with Crippen LogP contribution in [0.2, 0.25) is 0 Å². The van der Waals surface area contributed by atoms with Crippen LogP contribution >= 0.6 is 11.8 Å². The van der Waals surface area contributed by atoms with Crippen molar-refractivity contribution in [2.45, 2.75) is 11.7 Å². The highest BCUT2D eigenvalue weighted by atomic mass is 32.2. The van der Waals surface area contributed by atoms with Gasteiger partial charge in [-0.2, -0.15) is 9.98 Å². The number of carbonyl (C=O) groups is 2. The van der Waals surface area contributed by atoms with E-state index in [0.29, 0.717) is 5.69 Å². The minimum atomic E-state index is -0.663. The van der Waals surface area contributed by atoms with Crippen LogP contribution < -0.4 is 16.8 Å². The second-order valence-electron chi connectivity index (χ2n) is 4.13. The zero-order valence-electron chi connectivity index (χ0n) is 10.7. The van der Waals surface area contributed by atoms with Crippen LogP contribution in [0, 0.1) is 5.82 Å². The molecular weight excluding hydrogens is 297 g/mol. The summed E-state index contributed by atoms with van der Waals surface area (Å²) in [4.78, 5) is 30.7. The first kappa shape index (κ1) is 15.0. The van der Waals surface area contributed by atoms with E-state index >= 15 is 0 Å². The summed E-state index contributed by atoms with van der Waals surface area (Å²) in [6, 6.07) is 5.31. The Balaban J connectivity index is 1.91. The van der Waals surface area contributed by atoms with Crippen molar-refractivity contribution in [2.75, 3.05) is 5.32 Å². The summed E-state index contributed by atoms with van der Waals surface area (Å²) in [5.74, 6) is -1.45. The predicted octanol–water partition coefficient (Wildman–Crippen LogP) is 0.426. The lowest BCUT2D eigenvalue weighted by atomic mass is 10.2. The molecular formula is C12H12FN5O2S. The lowest BCUT2D eigenvalue weighted by Gasteiger charge is -2.07. The van der Waals surface area contributed by atoms with Crippen LogP contribution in [0.1, 0.15) is 6.42 Å². The number of nitrogens with one attached hydrogen (secondary N) is 1. The number of halogens is 1. The molecule has 2 rings (SSSR count). The SMILES string of the molecule is NC(N)=NC1=NC(=O)[C@H](CC(=O)Nc2ccc(F)cc2)S1. The fourth-order valence-electron chi connectivity index (χ4n) is 1.57. The van der Waals surface area contributed by atoms with Crippen LogP contribution in [0.25, 0.3) is 0 Å². The van der Waals surface area contributed by atoms with Gasteiger partial charge in [-0.1, -0.05) is 11.8 Å². The lowest BCUT2D eigenvalue weighted by molar-refractivity contribution is -0.121. The molecule has 0 radical (unpaired) electrons. The molecule has 110 valence electrons. The number of rotatable bonds is 3. The van der Waals surface area contributed by atoms with Gasteiger partial charge in [-0.05, 0) is 24.3 Å². The Kier molecular flexibility index (Phi) is 4.53. The zero-order chi connectivity index (χ0) is 15.4. The minimum absolute atomic E-state index is 0.0755. The summed E-state index contributed by atoms with van der Waals surface area (Å²) < 4.78 is 12.7. The zero-order valence-corrected chi connectivity index (χ0v) is 11.6.